The number of carbonyl (C=O) groups excluding carboxylic acids is 1. The van der Waals surface area contributed by atoms with Crippen molar-refractivity contribution in [2.75, 3.05) is 39.9 Å². The van der Waals surface area contributed by atoms with Gasteiger partial charge < -0.3 is 14.8 Å². The first kappa shape index (κ1) is 17.4. The van der Waals surface area contributed by atoms with Crippen molar-refractivity contribution in [3.8, 4) is 0 Å². The minimum atomic E-state index is -0.554. The van der Waals surface area contributed by atoms with E-state index in [1.54, 1.807) is 0 Å². The van der Waals surface area contributed by atoms with Crippen LogP contribution in [0.1, 0.15) is 40.0 Å². The molecule has 1 rings (SSSR count). The molecule has 0 bridgehead atoms. The third-order valence-corrected chi connectivity index (χ3v) is 3.93. The second-order valence-corrected chi connectivity index (χ2v) is 5.79. The Morgan fingerprint density at radius 2 is 2.25 bits per heavy atom. The molecule has 1 aliphatic heterocycles. The van der Waals surface area contributed by atoms with Crippen LogP contribution >= 0.6 is 0 Å². The number of ether oxygens (including phenoxy) is 2. The van der Waals surface area contributed by atoms with E-state index in [1.165, 1.54) is 7.11 Å². The summed E-state index contributed by atoms with van der Waals surface area (Å²) in [6.07, 6.45) is 3.27. The lowest BCUT2D eigenvalue weighted by Gasteiger charge is -2.31. The molecular formula is C15H30N2O3. The van der Waals surface area contributed by atoms with Crippen LogP contribution < -0.4 is 5.32 Å². The number of morpholine rings is 1. The van der Waals surface area contributed by atoms with Crippen molar-refractivity contribution in [2.45, 2.75) is 51.7 Å². The zero-order valence-electron chi connectivity index (χ0n) is 13.4. The summed E-state index contributed by atoms with van der Waals surface area (Å²) in [5.74, 6) is -0.167. The lowest BCUT2D eigenvalue weighted by atomic mass is 9.94. The van der Waals surface area contributed by atoms with E-state index in [0.717, 1.165) is 52.0 Å². The molecule has 0 radical (unpaired) electrons. The molecule has 0 aliphatic carbocycles. The van der Waals surface area contributed by atoms with Crippen LogP contribution in [0.25, 0.3) is 0 Å². The Labute approximate surface area is 123 Å². The van der Waals surface area contributed by atoms with Crippen LogP contribution in [0.15, 0.2) is 0 Å². The van der Waals surface area contributed by atoms with Crippen LogP contribution in [0.3, 0.4) is 0 Å². The fourth-order valence-electron chi connectivity index (χ4n) is 2.79. The van der Waals surface area contributed by atoms with E-state index in [2.05, 4.69) is 17.1 Å². The standard InChI is InChI=1S/C15H30N2O3/c1-5-16-15(3,14(18)19-4)8-6-7-9-17-10-11-20-13(2)12-17/h13,16H,5-12H2,1-4H3. The quantitative estimate of drug-likeness (QED) is 0.540. The van der Waals surface area contributed by atoms with E-state index in [0.29, 0.717) is 6.10 Å². The summed E-state index contributed by atoms with van der Waals surface area (Å²) in [5.41, 5.74) is -0.554. The van der Waals surface area contributed by atoms with Gasteiger partial charge in [-0.25, -0.2) is 0 Å². The predicted molar refractivity (Wildman–Crippen MR) is 79.8 cm³/mol. The number of likely N-dealkylation sites (N-methyl/N-ethyl adjacent to an activating group) is 1. The van der Waals surface area contributed by atoms with Gasteiger partial charge in [0, 0.05) is 13.1 Å². The summed E-state index contributed by atoms with van der Waals surface area (Å²) >= 11 is 0. The first-order valence-corrected chi connectivity index (χ1v) is 7.69. The van der Waals surface area contributed by atoms with Gasteiger partial charge in [0.2, 0.25) is 0 Å². The monoisotopic (exact) mass is 286 g/mol. The van der Waals surface area contributed by atoms with Crippen LogP contribution in [0, 0.1) is 0 Å². The van der Waals surface area contributed by atoms with Crippen molar-refractivity contribution in [2.24, 2.45) is 0 Å². The first-order chi connectivity index (χ1) is 9.51. The zero-order chi connectivity index (χ0) is 15.0. The third-order valence-electron chi connectivity index (χ3n) is 3.93. The van der Waals surface area contributed by atoms with Gasteiger partial charge in [0.15, 0.2) is 0 Å². The molecule has 0 aromatic carbocycles. The summed E-state index contributed by atoms with van der Waals surface area (Å²) in [4.78, 5) is 14.3. The Kier molecular flexibility index (Phi) is 7.48. The summed E-state index contributed by atoms with van der Waals surface area (Å²) in [5, 5.41) is 3.25. The van der Waals surface area contributed by atoms with Crippen LogP contribution in [-0.4, -0.2) is 62.4 Å². The van der Waals surface area contributed by atoms with Crippen molar-refractivity contribution in [1.29, 1.82) is 0 Å². The molecule has 2 atom stereocenters. The van der Waals surface area contributed by atoms with E-state index < -0.39 is 5.54 Å². The summed E-state index contributed by atoms with van der Waals surface area (Å²) < 4.78 is 10.4. The van der Waals surface area contributed by atoms with Crippen LogP contribution in [0.4, 0.5) is 0 Å². The SMILES string of the molecule is CCNC(C)(CCCCN1CCOC(C)C1)C(=O)OC. The number of carbonyl (C=O) groups is 1. The normalized spacial score (nSPS) is 23.3. The van der Waals surface area contributed by atoms with Gasteiger partial charge in [0.1, 0.15) is 5.54 Å². The largest absolute Gasteiger partial charge is 0.468 e. The molecule has 5 heteroatoms. The van der Waals surface area contributed by atoms with Crippen molar-refractivity contribution >= 4 is 5.97 Å². The number of hydrogen-bond acceptors (Lipinski definition) is 5. The maximum absolute atomic E-state index is 11.9. The van der Waals surface area contributed by atoms with Gasteiger partial charge in [-0.15, -0.1) is 0 Å². The van der Waals surface area contributed by atoms with Gasteiger partial charge >= 0.3 is 5.97 Å². The molecule has 1 aliphatic rings. The first-order valence-electron chi connectivity index (χ1n) is 7.69. The Morgan fingerprint density at radius 3 is 2.85 bits per heavy atom. The predicted octanol–water partition coefficient (Wildman–Crippen LogP) is 1.42. The summed E-state index contributed by atoms with van der Waals surface area (Å²) in [6, 6.07) is 0. The number of nitrogens with one attached hydrogen (secondary N) is 1. The Morgan fingerprint density at radius 1 is 1.50 bits per heavy atom. The fraction of sp³-hybridized carbons (Fsp3) is 0.933. The highest BCUT2D eigenvalue weighted by Crippen LogP contribution is 2.16. The summed E-state index contributed by atoms with van der Waals surface area (Å²) in [6.45, 7) is 10.8. The smallest absolute Gasteiger partial charge is 0.325 e. The van der Waals surface area contributed by atoms with E-state index in [-0.39, 0.29) is 5.97 Å². The maximum Gasteiger partial charge on any atom is 0.325 e. The minimum absolute atomic E-state index is 0.167. The van der Waals surface area contributed by atoms with Crippen LogP contribution in [-0.2, 0) is 14.3 Å². The second-order valence-electron chi connectivity index (χ2n) is 5.79. The maximum atomic E-state index is 11.9. The number of esters is 1. The van der Waals surface area contributed by atoms with Crippen LogP contribution in [0.2, 0.25) is 0 Å². The zero-order valence-corrected chi connectivity index (χ0v) is 13.4. The highest BCUT2D eigenvalue weighted by molar-refractivity contribution is 5.80. The average molecular weight is 286 g/mol. The van der Waals surface area contributed by atoms with Crippen LogP contribution in [0.5, 0.6) is 0 Å². The molecule has 1 N–H and O–H groups in total. The highest BCUT2D eigenvalue weighted by atomic mass is 16.5. The minimum Gasteiger partial charge on any atom is -0.468 e. The number of nitrogens with zero attached hydrogens (tertiary/aromatic N) is 1. The molecule has 0 spiro atoms. The number of rotatable bonds is 8. The topological polar surface area (TPSA) is 50.8 Å². The third kappa shape index (κ3) is 5.38. The van der Waals surface area contributed by atoms with Gasteiger partial charge in [-0.2, -0.15) is 0 Å². The molecule has 0 saturated carbocycles. The van der Waals surface area contributed by atoms with Crippen molar-refractivity contribution in [1.82, 2.24) is 10.2 Å². The fourth-order valence-corrected chi connectivity index (χ4v) is 2.79. The average Bonchev–Trinajstić information content (AvgIpc) is 2.43. The molecule has 118 valence electrons. The molecule has 20 heavy (non-hydrogen) atoms. The van der Waals surface area contributed by atoms with Gasteiger partial charge in [0.25, 0.3) is 0 Å². The van der Waals surface area contributed by atoms with E-state index in [9.17, 15) is 4.79 Å². The Hall–Kier alpha value is -0.650. The van der Waals surface area contributed by atoms with Crippen molar-refractivity contribution < 1.29 is 14.3 Å². The highest BCUT2D eigenvalue weighted by Gasteiger charge is 2.32. The second kappa shape index (κ2) is 8.60. The van der Waals surface area contributed by atoms with Crippen molar-refractivity contribution in [3.63, 3.8) is 0 Å². The van der Waals surface area contributed by atoms with Gasteiger partial charge in [0.05, 0.1) is 19.8 Å². The van der Waals surface area contributed by atoms with E-state index in [1.807, 2.05) is 13.8 Å². The van der Waals surface area contributed by atoms with Gasteiger partial charge in [-0.3, -0.25) is 9.69 Å². The molecule has 0 aromatic rings. The Bertz CT molecular complexity index is 299. The lowest BCUT2D eigenvalue weighted by Crippen LogP contribution is -2.50. The number of methoxy groups -OCH3 is 1. The van der Waals surface area contributed by atoms with Gasteiger partial charge in [-0.1, -0.05) is 6.92 Å². The lowest BCUT2D eigenvalue weighted by molar-refractivity contribution is -0.148. The number of hydrogen-bond donors (Lipinski definition) is 1. The summed E-state index contributed by atoms with van der Waals surface area (Å²) in [7, 11) is 1.45. The van der Waals surface area contributed by atoms with E-state index in [4.69, 9.17) is 9.47 Å². The van der Waals surface area contributed by atoms with Crippen molar-refractivity contribution in [3.05, 3.63) is 0 Å². The molecular weight excluding hydrogens is 256 g/mol. The molecule has 1 saturated heterocycles. The molecule has 5 nitrogen and oxygen atoms in total. The van der Waals surface area contributed by atoms with Gasteiger partial charge in [-0.05, 0) is 46.2 Å². The molecule has 0 amide bonds. The molecule has 1 fully saturated rings. The molecule has 2 unspecified atom stereocenters. The number of unbranched alkanes of at least 4 members (excludes halogenated alkanes) is 1. The molecule has 0 aromatic heterocycles. The Balaban J connectivity index is 2.28. The molecule has 1 heterocycles. The van der Waals surface area contributed by atoms with E-state index >= 15 is 0 Å².